The number of hydrogen-bond donors (Lipinski definition) is 3. The van der Waals surface area contributed by atoms with Gasteiger partial charge in [-0.2, -0.15) is 10.4 Å². The Morgan fingerprint density at radius 1 is 1.48 bits per heavy atom. The van der Waals surface area contributed by atoms with E-state index in [1.54, 1.807) is 18.2 Å². The molecule has 0 radical (unpaired) electrons. The Labute approximate surface area is 132 Å². The van der Waals surface area contributed by atoms with E-state index in [2.05, 4.69) is 15.5 Å². The molecule has 1 heterocycles. The maximum atomic E-state index is 12.0. The van der Waals surface area contributed by atoms with Gasteiger partial charge in [0.1, 0.15) is 11.6 Å². The van der Waals surface area contributed by atoms with Crippen LogP contribution in [-0.4, -0.2) is 33.7 Å². The summed E-state index contributed by atoms with van der Waals surface area (Å²) in [6.45, 7) is 2.49. The molecule has 118 valence electrons. The zero-order chi connectivity index (χ0) is 16.8. The number of carboxylic acids is 1. The number of carbonyl (C=O) groups excluding carboxylic acids is 1. The van der Waals surface area contributed by atoms with E-state index >= 15 is 0 Å². The first-order chi connectivity index (χ1) is 11.1. The summed E-state index contributed by atoms with van der Waals surface area (Å²) in [5, 5.41) is 27.8. The van der Waals surface area contributed by atoms with Crippen molar-refractivity contribution in [3.8, 4) is 6.07 Å². The number of carboxylic acid groups (broad SMARTS) is 1. The van der Waals surface area contributed by atoms with Crippen LogP contribution in [0.1, 0.15) is 35.8 Å². The average molecular weight is 312 g/mol. The minimum atomic E-state index is -1.18. The standard InChI is InChI=1S/C16H16N4O3/c1-2-3-7-18-15(21)11(9-17)8-10-5-4-6-12-13(10)14(16(22)23)20-19-12/h4-6,8H,2-3,7H2,1H3,(H,18,21)(H,19,20)(H,22,23). The summed E-state index contributed by atoms with van der Waals surface area (Å²) in [6.07, 6.45) is 3.14. The first kappa shape index (κ1) is 16.2. The molecule has 1 amide bonds. The van der Waals surface area contributed by atoms with Gasteiger partial charge < -0.3 is 10.4 Å². The second-order valence-corrected chi connectivity index (χ2v) is 4.93. The molecular weight excluding hydrogens is 296 g/mol. The molecule has 23 heavy (non-hydrogen) atoms. The predicted molar refractivity (Wildman–Crippen MR) is 84.6 cm³/mol. The maximum Gasteiger partial charge on any atom is 0.357 e. The number of nitriles is 1. The molecule has 0 aliphatic heterocycles. The average Bonchev–Trinajstić information content (AvgIpc) is 2.97. The highest BCUT2D eigenvalue weighted by Crippen LogP contribution is 2.23. The number of unbranched alkanes of at least 4 members (excludes halogenated alkanes) is 1. The van der Waals surface area contributed by atoms with Crippen LogP contribution in [0.3, 0.4) is 0 Å². The molecule has 1 aromatic carbocycles. The summed E-state index contributed by atoms with van der Waals surface area (Å²) in [5.74, 6) is -1.65. The number of aromatic amines is 1. The minimum Gasteiger partial charge on any atom is -0.476 e. The molecule has 0 unspecified atom stereocenters. The molecule has 1 aromatic heterocycles. The summed E-state index contributed by atoms with van der Waals surface area (Å²) in [6, 6.07) is 6.87. The Bertz CT molecular complexity index is 814. The summed E-state index contributed by atoms with van der Waals surface area (Å²) in [4.78, 5) is 23.2. The van der Waals surface area contributed by atoms with Crippen molar-refractivity contribution in [1.29, 1.82) is 5.26 Å². The smallest absolute Gasteiger partial charge is 0.357 e. The largest absolute Gasteiger partial charge is 0.476 e. The van der Waals surface area contributed by atoms with Gasteiger partial charge in [-0.15, -0.1) is 0 Å². The Morgan fingerprint density at radius 3 is 2.91 bits per heavy atom. The lowest BCUT2D eigenvalue weighted by atomic mass is 10.0. The van der Waals surface area contributed by atoms with Crippen LogP contribution in [0.4, 0.5) is 0 Å². The molecule has 0 atom stereocenters. The van der Waals surface area contributed by atoms with Crippen LogP contribution >= 0.6 is 0 Å². The molecule has 7 heteroatoms. The topological polar surface area (TPSA) is 119 Å². The highest BCUT2D eigenvalue weighted by Gasteiger charge is 2.16. The van der Waals surface area contributed by atoms with Gasteiger partial charge in [-0.05, 0) is 24.1 Å². The molecular formula is C16H16N4O3. The van der Waals surface area contributed by atoms with Crippen LogP contribution in [0.5, 0.6) is 0 Å². The highest BCUT2D eigenvalue weighted by molar-refractivity contribution is 6.08. The van der Waals surface area contributed by atoms with Gasteiger partial charge in [0.25, 0.3) is 5.91 Å². The third-order valence-electron chi connectivity index (χ3n) is 3.31. The molecule has 2 rings (SSSR count). The number of nitrogens with one attached hydrogen (secondary N) is 2. The fourth-order valence-electron chi connectivity index (χ4n) is 2.15. The van der Waals surface area contributed by atoms with Crippen LogP contribution in [0.2, 0.25) is 0 Å². The van der Waals surface area contributed by atoms with Crippen molar-refractivity contribution < 1.29 is 14.7 Å². The van der Waals surface area contributed by atoms with Crippen molar-refractivity contribution in [3.05, 3.63) is 35.0 Å². The van der Waals surface area contributed by atoms with Gasteiger partial charge in [0.2, 0.25) is 0 Å². The Morgan fingerprint density at radius 2 is 2.26 bits per heavy atom. The van der Waals surface area contributed by atoms with Crippen molar-refractivity contribution in [2.75, 3.05) is 6.54 Å². The zero-order valence-electron chi connectivity index (χ0n) is 12.6. The van der Waals surface area contributed by atoms with Gasteiger partial charge >= 0.3 is 5.97 Å². The van der Waals surface area contributed by atoms with E-state index in [4.69, 9.17) is 0 Å². The van der Waals surface area contributed by atoms with E-state index in [9.17, 15) is 20.0 Å². The van der Waals surface area contributed by atoms with Gasteiger partial charge in [-0.1, -0.05) is 25.5 Å². The molecule has 3 N–H and O–H groups in total. The molecule has 0 saturated heterocycles. The fourth-order valence-corrected chi connectivity index (χ4v) is 2.15. The quantitative estimate of drug-likeness (QED) is 0.428. The lowest BCUT2D eigenvalue weighted by Gasteiger charge is -2.03. The van der Waals surface area contributed by atoms with Crippen molar-refractivity contribution in [2.45, 2.75) is 19.8 Å². The van der Waals surface area contributed by atoms with Crippen molar-refractivity contribution in [2.24, 2.45) is 0 Å². The van der Waals surface area contributed by atoms with Crippen LogP contribution in [0.25, 0.3) is 17.0 Å². The van der Waals surface area contributed by atoms with E-state index in [0.29, 0.717) is 23.0 Å². The Hall–Kier alpha value is -3.14. The number of rotatable bonds is 6. The first-order valence-electron chi connectivity index (χ1n) is 7.18. The lowest BCUT2D eigenvalue weighted by molar-refractivity contribution is -0.117. The molecule has 7 nitrogen and oxygen atoms in total. The van der Waals surface area contributed by atoms with Crippen molar-refractivity contribution >= 4 is 28.9 Å². The third-order valence-corrected chi connectivity index (χ3v) is 3.31. The normalized spacial score (nSPS) is 11.2. The molecule has 0 fully saturated rings. The molecule has 0 saturated carbocycles. The van der Waals surface area contributed by atoms with E-state index in [1.165, 1.54) is 6.08 Å². The summed E-state index contributed by atoms with van der Waals surface area (Å²) >= 11 is 0. The highest BCUT2D eigenvalue weighted by atomic mass is 16.4. The molecule has 0 aliphatic rings. The number of carbonyl (C=O) groups is 2. The van der Waals surface area contributed by atoms with Gasteiger partial charge in [0.05, 0.1) is 5.52 Å². The van der Waals surface area contributed by atoms with Crippen LogP contribution < -0.4 is 5.32 Å². The number of aromatic carboxylic acids is 1. The Kier molecular flexibility index (Phi) is 5.10. The number of hydrogen-bond acceptors (Lipinski definition) is 4. The van der Waals surface area contributed by atoms with E-state index < -0.39 is 11.9 Å². The van der Waals surface area contributed by atoms with Gasteiger partial charge in [-0.3, -0.25) is 9.89 Å². The van der Waals surface area contributed by atoms with Gasteiger partial charge in [0.15, 0.2) is 5.69 Å². The van der Waals surface area contributed by atoms with Gasteiger partial charge in [0, 0.05) is 11.9 Å². The lowest BCUT2D eigenvalue weighted by Crippen LogP contribution is -2.25. The van der Waals surface area contributed by atoms with E-state index in [1.807, 2.05) is 13.0 Å². The molecule has 0 aliphatic carbocycles. The van der Waals surface area contributed by atoms with Crippen LogP contribution in [-0.2, 0) is 4.79 Å². The second kappa shape index (κ2) is 7.22. The second-order valence-electron chi connectivity index (χ2n) is 4.93. The number of fused-ring (bicyclic) bond motifs is 1. The van der Waals surface area contributed by atoms with E-state index in [0.717, 1.165) is 12.8 Å². The Balaban J connectivity index is 2.42. The first-order valence-corrected chi connectivity index (χ1v) is 7.18. The zero-order valence-corrected chi connectivity index (χ0v) is 12.6. The predicted octanol–water partition coefficient (Wildman–Crippen LogP) is 2.08. The van der Waals surface area contributed by atoms with Crippen molar-refractivity contribution in [3.63, 3.8) is 0 Å². The number of benzene rings is 1. The summed E-state index contributed by atoms with van der Waals surface area (Å²) in [7, 11) is 0. The number of nitrogens with zero attached hydrogens (tertiary/aromatic N) is 2. The molecule has 0 spiro atoms. The minimum absolute atomic E-state index is 0.0776. The maximum absolute atomic E-state index is 12.0. The van der Waals surface area contributed by atoms with Crippen molar-refractivity contribution in [1.82, 2.24) is 15.5 Å². The fraction of sp³-hybridized carbons (Fsp3) is 0.250. The number of aromatic nitrogens is 2. The summed E-state index contributed by atoms with van der Waals surface area (Å²) in [5.41, 5.74) is 0.761. The summed E-state index contributed by atoms with van der Waals surface area (Å²) < 4.78 is 0. The van der Waals surface area contributed by atoms with Crippen LogP contribution in [0, 0.1) is 11.3 Å². The number of amides is 1. The monoisotopic (exact) mass is 312 g/mol. The number of H-pyrrole nitrogens is 1. The third kappa shape index (κ3) is 3.55. The molecule has 0 bridgehead atoms. The van der Waals surface area contributed by atoms with Crippen LogP contribution in [0.15, 0.2) is 23.8 Å². The molecule has 2 aromatic rings. The SMILES string of the molecule is CCCCNC(=O)C(C#N)=Cc1cccc2[nH]nc(C(=O)O)c12. The van der Waals surface area contributed by atoms with E-state index in [-0.39, 0.29) is 11.3 Å². The van der Waals surface area contributed by atoms with Gasteiger partial charge in [-0.25, -0.2) is 4.79 Å².